The summed E-state index contributed by atoms with van der Waals surface area (Å²) in [6.07, 6.45) is 7.45. The fraction of sp³-hybridized carbons (Fsp3) is 0.111. The molecule has 0 aliphatic heterocycles. The van der Waals surface area contributed by atoms with Crippen molar-refractivity contribution in [3.8, 4) is 11.1 Å². The Bertz CT molecular complexity index is 838. The molecular weight excluding hydrogens is 294 g/mol. The zero-order valence-electron chi connectivity index (χ0n) is 12.0. The normalized spacial score (nSPS) is 21.0. The first kappa shape index (κ1) is 14.8. The summed E-state index contributed by atoms with van der Waals surface area (Å²) < 4.78 is 23.6. The van der Waals surface area contributed by atoms with Crippen LogP contribution < -0.4 is 5.14 Å². The predicted octanol–water partition coefficient (Wildman–Crippen LogP) is 3.35. The van der Waals surface area contributed by atoms with Crippen molar-refractivity contribution in [2.75, 3.05) is 0 Å². The van der Waals surface area contributed by atoms with E-state index < -0.39 is 14.8 Å². The number of hydrogen-bond donors (Lipinski definition) is 1. The maximum atomic E-state index is 12.4. The van der Waals surface area contributed by atoms with Crippen LogP contribution in [0.1, 0.15) is 12.0 Å². The van der Waals surface area contributed by atoms with E-state index in [2.05, 4.69) is 0 Å². The number of rotatable bonds is 3. The monoisotopic (exact) mass is 311 g/mol. The van der Waals surface area contributed by atoms with E-state index in [-0.39, 0.29) is 0 Å². The van der Waals surface area contributed by atoms with Gasteiger partial charge >= 0.3 is 0 Å². The van der Waals surface area contributed by atoms with Crippen molar-refractivity contribution < 1.29 is 8.42 Å². The lowest BCUT2D eigenvalue weighted by atomic mass is 9.86. The number of primary sulfonamides is 1. The lowest BCUT2D eigenvalue weighted by Gasteiger charge is -2.31. The van der Waals surface area contributed by atoms with Gasteiger partial charge in [0.15, 0.2) is 0 Å². The van der Waals surface area contributed by atoms with Gasteiger partial charge in [0.2, 0.25) is 10.0 Å². The summed E-state index contributed by atoms with van der Waals surface area (Å²) in [4.78, 5) is 0. The molecule has 3 rings (SSSR count). The summed E-state index contributed by atoms with van der Waals surface area (Å²) in [5, 5.41) is 5.61. The molecule has 1 aliphatic carbocycles. The van der Waals surface area contributed by atoms with Gasteiger partial charge in [-0.25, -0.2) is 13.6 Å². The van der Waals surface area contributed by atoms with Gasteiger partial charge in [-0.2, -0.15) is 0 Å². The summed E-state index contributed by atoms with van der Waals surface area (Å²) in [5.41, 5.74) is 2.57. The van der Waals surface area contributed by atoms with Gasteiger partial charge in [0.1, 0.15) is 4.75 Å². The first-order valence-corrected chi connectivity index (χ1v) is 8.61. The number of allylic oxidation sites excluding steroid dienone is 3. The van der Waals surface area contributed by atoms with E-state index in [1.54, 1.807) is 12.2 Å². The van der Waals surface area contributed by atoms with Crippen LogP contribution >= 0.6 is 0 Å². The van der Waals surface area contributed by atoms with Gasteiger partial charge in [0.05, 0.1) is 0 Å². The molecule has 1 aliphatic rings. The highest BCUT2D eigenvalue weighted by Crippen LogP contribution is 2.41. The predicted molar refractivity (Wildman–Crippen MR) is 89.6 cm³/mol. The van der Waals surface area contributed by atoms with Crippen molar-refractivity contribution in [3.05, 3.63) is 84.5 Å². The van der Waals surface area contributed by atoms with E-state index in [1.807, 2.05) is 66.7 Å². The molecule has 4 heteroatoms. The first-order valence-electron chi connectivity index (χ1n) is 7.06. The highest BCUT2D eigenvalue weighted by molar-refractivity contribution is 7.90. The number of nitrogens with two attached hydrogens (primary N) is 1. The molecular formula is C18H17NO2S. The second-order valence-corrected chi connectivity index (χ2v) is 7.16. The number of sulfonamides is 1. The molecule has 0 aromatic heterocycles. The third kappa shape index (κ3) is 2.40. The fourth-order valence-electron chi connectivity index (χ4n) is 2.89. The molecule has 0 saturated heterocycles. The van der Waals surface area contributed by atoms with Crippen molar-refractivity contribution >= 4 is 10.0 Å². The topological polar surface area (TPSA) is 60.2 Å². The minimum atomic E-state index is -3.81. The van der Waals surface area contributed by atoms with Crippen molar-refractivity contribution in [2.24, 2.45) is 5.14 Å². The van der Waals surface area contributed by atoms with Crippen molar-refractivity contribution in [3.63, 3.8) is 0 Å². The highest BCUT2D eigenvalue weighted by atomic mass is 32.2. The Kier molecular flexibility index (Phi) is 3.72. The Balaban J connectivity index is 2.28. The van der Waals surface area contributed by atoms with Crippen LogP contribution in [-0.2, 0) is 14.8 Å². The third-order valence-electron chi connectivity index (χ3n) is 4.01. The molecule has 3 nitrogen and oxygen atoms in total. The van der Waals surface area contributed by atoms with Gasteiger partial charge in [0, 0.05) is 0 Å². The zero-order valence-corrected chi connectivity index (χ0v) is 12.8. The van der Waals surface area contributed by atoms with Gasteiger partial charge in [-0.15, -0.1) is 0 Å². The molecule has 0 fully saturated rings. The molecule has 0 bridgehead atoms. The van der Waals surface area contributed by atoms with Gasteiger partial charge in [-0.3, -0.25) is 0 Å². The second-order valence-electron chi connectivity index (χ2n) is 5.34. The standard InChI is InChI=1S/C18H17NO2S/c19-22(20,21)18(13-7-2-8-14-18)17-12-6-5-11-16(17)15-9-3-1-4-10-15/h1-13H,14H2,(H2,19,20,21). The van der Waals surface area contributed by atoms with Gasteiger partial charge in [-0.1, -0.05) is 78.9 Å². The van der Waals surface area contributed by atoms with E-state index in [1.165, 1.54) is 0 Å². The molecule has 1 atom stereocenters. The van der Waals surface area contributed by atoms with Crippen LogP contribution in [0.25, 0.3) is 11.1 Å². The molecule has 0 spiro atoms. The summed E-state index contributed by atoms with van der Waals surface area (Å²) >= 11 is 0. The summed E-state index contributed by atoms with van der Waals surface area (Å²) in [6.45, 7) is 0. The van der Waals surface area contributed by atoms with Gasteiger partial charge < -0.3 is 0 Å². The summed E-state index contributed by atoms with van der Waals surface area (Å²) in [6, 6.07) is 17.3. The summed E-state index contributed by atoms with van der Waals surface area (Å²) in [5.74, 6) is 0. The van der Waals surface area contributed by atoms with Crippen LogP contribution in [0.2, 0.25) is 0 Å². The number of hydrogen-bond acceptors (Lipinski definition) is 2. The van der Waals surface area contributed by atoms with E-state index in [9.17, 15) is 8.42 Å². The second kappa shape index (κ2) is 5.55. The molecule has 0 amide bonds. The number of benzene rings is 2. The van der Waals surface area contributed by atoms with E-state index in [0.717, 1.165) is 11.1 Å². The van der Waals surface area contributed by atoms with Crippen molar-refractivity contribution in [1.29, 1.82) is 0 Å². The fourth-order valence-corrected chi connectivity index (χ4v) is 3.97. The minimum absolute atomic E-state index is 0.339. The van der Waals surface area contributed by atoms with E-state index >= 15 is 0 Å². The Morgan fingerprint density at radius 3 is 2.23 bits per heavy atom. The van der Waals surface area contributed by atoms with Crippen molar-refractivity contribution in [2.45, 2.75) is 11.2 Å². The van der Waals surface area contributed by atoms with Gasteiger partial charge in [0.25, 0.3) is 0 Å². The van der Waals surface area contributed by atoms with Crippen LogP contribution in [0.15, 0.2) is 78.9 Å². The molecule has 2 aromatic rings. The average Bonchev–Trinajstić information content (AvgIpc) is 2.55. The molecule has 112 valence electrons. The lowest BCUT2D eigenvalue weighted by molar-refractivity contribution is 0.560. The van der Waals surface area contributed by atoms with Crippen LogP contribution in [0.4, 0.5) is 0 Å². The van der Waals surface area contributed by atoms with Crippen LogP contribution in [0.3, 0.4) is 0 Å². The molecule has 1 unspecified atom stereocenters. The largest absolute Gasteiger partial charge is 0.228 e. The molecule has 0 heterocycles. The van der Waals surface area contributed by atoms with Crippen molar-refractivity contribution in [1.82, 2.24) is 0 Å². The lowest BCUT2D eigenvalue weighted by Crippen LogP contribution is -2.40. The van der Waals surface area contributed by atoms with Crippen LogP contribution in [-0.4, -0.2) is 8.42 Å². The molecule has 2 N–H and O–H groups in total. The van der Waals surface area contributed by atoms with Gasteiger partial charge in [-0.05, 0) is 23.1 Å². The Labute approximate surface area is 130 Å². The van der Waals surface area contributed by atoms with E-state index in [4.69, 9.17) is 5.14 Å². The average molecular weight is 311 g/mol. The summed E-state index contributed by atoms with van der Waals surface area (Å²) in [7, 11) is -3.81. The Hall–Kier alpha value is -2.17. The van der Waals surface area contributed by atoms with E-state index in [0.29, 0.717) is 12.0 Å². The van der Waals surface area contributed by atoms with Crippen LogP contribution in [0.5, 0.6) is 0 Å². The molecule has 0 saturated carbocycles. The SMILES string of the molecule is NS(=O)(=O)C1(c2ccccc2-c2ccccc2)C=CC=CC1. The quantitative estimate of drug-likeness (QED) is 0.945. The zero-order chi connectivity index (χ0) is 15.6. The molecule has 2 aromatic carbocycles. The Morgan fingerprint density at radius 1 is 0.909 bits per heavy atom. The highest BCUT2D eigenvalue weighted by Gasteiger charge is 2.42. The van der Waals surface area contributed by atoms with Crippen LogP contribution in [0, 0.1) is 0 Å². The maximum Gasteiger partial charge on any atom is 0.223 e. The third-order valence-corrected chi connectivity index (χ3v) is 5.55. The smallest absolute Gasteiger partial charge is 0.223 e. The Morgan fingerprint density at radius 2 is 1.59 bits per heavy atom. The minimum Gasteiger partial charge on any atom is -0.228 e. The molecule has 22 heavy (non-hydrogen) atoms. The first-order chi connectivity index (χ1) is 10.5. The maximum absolute atomic E-state index is 12.4. The molecule has 0 radical (unpaired) electrons.